The molecular formula is C8H16N2O2. The predicted octanol–water partition coefficient (Wildman–Crippen LogP) is -0.371. The molecule has 4 nitrogen and oxygen atoms in total. The molecule has 0 aromatic carbocycles. The molecule has 0 aliphatic carbocycles. The van der Waals surface area contributed by atoms with Crippen LogP contribution >= 0.6 is 0 Å². The topological polar surface area (TPSA) is 64.4 Å². The molecule has 0 saturated carbocycles. The third kappa shape index (κ3) is 2.19. The van der Waals surface area contributed by atoms with Gasteiger partial charge in [0.05, 0.1) is 18.2 Å². The van der Waals surface area contributed by atoms with E-state index in [1.54, 1.807) is 6.92 Å². The fraction of sp³-hybridized carbons (Fsp3) is 0.875. The van der Waals surface area contributed by atoms with Gasteiger partial charge in [-0.1, -0.05) is 0 Å². The summed E-state index contributed by atoms with van der Waals surface area (Å²) in [5, 5.41) is 2.87. The number of nitrogens with one attached hydrogen (secondary N) is 1. The molecule has 1 heterocycles. The molecule has 0 spiro atoms. The van der Waals surface area contributed by atoms with Gasteiger partial charge in [0.2, 0.25) is 5.91 Å². The third-order valence-electron chi connectivity index (χ3n) is 2.06. The summed E-state index contributed by atoms with van der Waals surface area (Å²) >= 11 is 0. The fourth-order valence-electron chi connectivity index (χ4n) is 1.18. The third-order valence-corrected chi connectivity index (χ3v) is 2.06. The molecule has 0 bridgehead atoms. The minimum atomic E-state index is -0.442. The van der Waals surface area contributed by atoms with Crippen LogP contribution in [0.2, 0.25) is 0 Å². The van der Waals surface area contributed by atoms with Crippen LogP contribution in [-0.2, 0) is 9.53 Å². The lowest BCUT2D eigenvalue weighted by molar-refractivity contribution is -0.123. The molecule has 1 aliphatic heterocycles. The summed E-state index contributed by atoms with van der Waals surface area (Å²) in [6.45, 7) is 4.95. The fourth-order valence-corrected chi connectivity index (χ4v) is 1.18. The predicted molar refractivity (Wildman–Crippen MR) is 45.6 cm³/mol. The van der Waals surface area contributed by atoms with Crippen molar-refractivity contribution < 1.29 is 9.53 Å². The number of ether oxygens (including phenoxy) is 1. The van der Waals surface area contributed by atoms with Gasteiger partial charge < -0.3 is 15.8 Å². The van der Waals surface area contributed by atoms with Gasteiger partial charge in [0.1, 0.15) is 0 Å². The number of carbonyl (C=O) groups is 1. The normalized spacial score (nSPS) is 31.6. The van der Waals surface area contributed by atoms with Crippen molar-refractivity contribution in [3.05, 3.63) is 0 Å². The van der Waals surface area contributed by atoms with E-state index >= 15 is 0 Å². The summed E-state index contributed by atoms with van der Waals surface area (Å²) < 4.78 is 5.19. The summed E-state index contributed by atoms with van der Waals surface area (Å²) in [5.74, 6) is -0.108. The first-order valence-corrected chi connectivity index (χ1v) is 4.19. The minimum absolute atomic E-state index is 0.108. The largest absolute Gasteiger partial charge is 0.379 e. The van der Waals surface area contributed by atoms with E-state index in [-0.39, 0.29) is 11.4 Å². The molecule has 1 amide bonds. The second-order valence-corrected chi connectivity index (χ2v) is 3.64. The Bertz CT molecular complexity index is 174. The lowest BCUT2D eigenvalue weighted by Crippen LogP contribution is -2.51. The average Bonchev–Trinajstić information content (AvgIpc) is 2.35. The van der Waals surface area contributed by atoms with Crippen molar-refractivity contribution in [1.82, 2.24) is 5.32 Å². The maximum Gasteiger partial charge on any atom is 0.237 e. The maximum absolute atomic E-state index is 11.2. The molecule has 1 rings (SSSR count). The van der Waals surface area contributed by atoms with Crippen LogP contribution in [0.1, 0.15) is 20.3 Å². The van der Waals surface area contributed by atoms with Gasteiger partial charge in [-0.2, -0.15) is 0 Å². The van der Waals surface area contributed by atoms with Crippen molar-refractivity contribution in [1.29, 1.82) is 0 Å². The molecule has 12 heavy (non-hydrogen) atoms. The Morgan fingerprint density at radius 2 is 2.42 bits per heavy atom. The van der Waals surface area contributed by atoms with Crippen LogP contribution in [0.5, 0.6) is 0 Å². The monoisotopic (exact) mass is 172 g/mol. The van der Waals surface area contributed by atoms with Crippen molar-refractivity contribution in [2.24, 2.45) is 5.73 Å². The Balaban J connectivity index is 2.44. The van der Waals surface area contributed by atoms with Crippen molar-refractivity contribution in [3.63, 3.8) is 0 Å². The molecule has 2 unspecified atom stereocenters. The molecule has 0 aromatic rings. The van der Waals surface area contributed by atoms with E-state index in [4.69, 9.17) is 10.5 Å². The van der Waals surface area contributed by atoms with E-state index in [0.717, 1.165) is 13.0 Å². The Morgan fingerprint density at radius 3 is 2.83 bits per heavy atom. The maximum atomic E-state index is 11.2. The minimum Gasteiger partial charge on any atom is -0.379 e. The zero-order chi connectivity index (χ0) is 9.19. The first-order valence-electron chi connectivity index (χ1n) is 4.19. The Labute approximate surface area is 72.5 Å². The molecule has 1 fully saturated rings. The molecule has 2 atom stereocenters. The molecular weight excluding hydrogens is 156 g/mol. The second-order valence-electron chi connectivity index (χ2n) is 3.64. The van der Waals surface area contributed by atoms with Crippen molar-refractivity contribution in [2.75, 3.05) is 13.2 Å². The molecule has 1 saturated heterocycles. The average molecular weight is 172 g/mol. The van der Waals surface area contributed by atoms with E-state index in [9.17, 15) is 4.79 Å². The summed E-state index contributed by atoms with van der Waals surface area (Å²) in [6, 6.07) is -0.442. The number of hydrogen-bond acceptors (Lipinski definition) is 3. The molecule has 4 heteroatoms. The Hall–Kier alpha value is -0.610. The SMILES string of the molecule is CC(N)C(=O)NC1(C)CCOC1. The van der Waals surface area contributed by atoms with Gasteiger partial charge in [0, 0.05) is 6.61 Å². The number of hydrogen-bond donors (Lipinski definition) is 2. The molecule has 0 radical (unpaired) electrons. The van der Waals surface area contributed by atoms with Crippen LogP contribution < -0.4 is 11.1 Å². The molecule has 3 N–H and O–H groups in total. The molecule has 70 valence electrons. The highest BCUT2D eigenvalue weighted by atomic mass is 16.5. The summed E-state index contributed by atoms with van der Waals surface area (Å²) in [7, 11) is 0. The first-order chi connectivity index (χ1) is 5.53. The highest BCUT2D eigenvalue weighted by molar-refractivity contribution is 5.81. The standard InChI is InChI=1S/C8H16N2O2/c1-6(9)7(11)10-8(2)3-4-12-5-8/h6H,3-5,9H2,1-2H3,(H,10,11). The zero-order valence-electron chi connectivity index (χ0n) is 7.59. The first kappa shape index (κ1) is 9.48. The van der Waals surface area contributed by atoms with E-state index < -0.39 is 6.04 Å². The zero-order valence-corrected chi connectivity index (χ0v) is 7.59. The number of rotatable bonds is 2. The van der Waals surface area contributed by atoms with Gasteiger partial charge in [-0.05, 0) is 20.3 Å². The summed E-state index contributed by atoms with van der Waals surface area (Å²) in [6.07, 6.45) is 0.867. The van der Waals surface area contributed by atoms with Gasteiger partial charge in [0.15, 0.2) is 0 Å². The van der Waals surface area contributed by atoms with Crippen molar-refractivity contribution in [2.45, 2.75) is 31.8 Å². The van der Waals surface area contributed by atoms with E-state index in [1.165, 1.54) is 0 Å². The van der Waals surface area contributed by atoms with E-state index in [2.05, 4.69) is 5.32 Å². The van der Waals surface area contributed by atoms with Gasteiger partial charge in [-0.25, -0.2) is 0 Å². The molecule has 1 aliphatic rings. The van der Waals surface area contributed by atoms with Gasteiger partial charge in [-0.3, -0.25) is 4.79 Å². The Morgan fingerprint density at radius 1 is 1.75 bits per heavy atom. The van der Waals surface area contributed by atoms with Gasteiger partial charge >= 0.3 is 0 Å². The molecule has 0 aromatic heterocycles. The highest BCUT2D eigenvalue weighted by Gasteiger charge is 2.31. The quantitative estimate of drug-likeness (QED) is 0.597. The smallest absolute Gasteiger partial charge is 0.237 e. The van der Waals surface area contributed by atoms with Crippen molar-refractivity contribution >= 4 is 5.91 Å². The van der Waals surface area contributed by atoms with Crippen LogP contribution in [0.15, 0.2) is 0 Å². The van der Waals surface area contributed by atoms with Crippen LogP contribution in [-0.4, -0.2) is 30.7 Å². The number of nitrogens with two attached hydrogens (primary N) is 1. The highest BCUT2D eigenvalue weighted by Crippen LogP contribution is 2.17. The lowest BCUT2D eigenvalue weighted by Gasteiger charge is -2.24. The summed E-state index contributed by atoms with van der Waals surface area (Å²) in [4.78, 5) is 11.2. The number of carbonyl (C=O) groups excluding carboxylic acids is 1. The van der Waals surface area contributed by atoms with Crippen LogP contribution in [0.25, 0.3) is 0 Å². The van der Waals surface area contributed by atoms with Crippen LogP contribution in [0.4, 0.5) is 0 Å². The van der Waals surface area contributed by atoms with E-state index in [1.807, 2.05) is 6.92 Å². The summed E-state index contributed by atoms with van der Waals surface area (Å²) in [5.41, 5.74) is 5.22. The van der Waals surface area contributed by atoms with Crippen molar-refractivity contribution in [3.8, 4) is 0 Å². The van der Waals surface area contributed by atoms with Gasteiger partial charge in [0.25, 0.3) is 0 Å². The number of amides is 1. The van der Waals surface area contributed by atoms with Gasteiger partial charge in [-0.15, -0.1) is 0 Å². The Kier molecular flexibility index (Phi) is 2.69. The van der Waals surface area contributed by atoms with Crippen LogP contribution in [0, 0.1) is 0 Å². The second kappa shape index (κ2) is 3.41. The van der Waals surface area contributed by atoms with Crippen LogP contribution in [0.3, 0.4) is 0 Å². The van der Waals surface area contributed by atoms with E-state index in [0.29, 0.717) is 6.61 Å². The lowest BCUT2D eigenvalue weighted by atomic mass is 10.0.